The summed E-state index contributed by atoms with van der Waals surface area (Å²) < 4.78 is 0. The summed E-state index contributed by atoms with van der Waals surface area (Å²) >= 11 is 0. The Balaban J connectivity index is 2.21. The maximum absolute atomic E-state index is 11.9. The number of hydrogen-bond acceptors (Lipinski definition) is 2. The van der Waals surface area contributed by atoms with Gasteiger partial charge in [-0.05, 0) is 37.8 Å². The fraction of sp³-hybridized carbons (Fsp3) is 0.500. The molecule has 0 amide bonds. The molecule has 0 radical (unpaired) electrons. The minimum atomic E-state index is -0.676. The summed E-state index contributed by atoms with van der Waals surface area (Å²) in [6, 6.07) is 3.59. The highest BCUT2D eigenvalue weighted by Gasteiger charge is 2.44. The number of aromatic nitrogens is 1. The zero-order chi connectivity index (χ0) is 9.47. The molecule has 1 aliphatic rings. The molecule has 1 unspecified atom stereocenters. The van der Waals surface area contributed by atoms with Gasteiger partial charge in [0.15, 0.2) is 5.78 Å². The van der Waals surface area contributed by atoms with Gasteiger partial charge in [0.25, 0.3) is 0 Å². The van der Waals surface area contributed by atoms with Crippen molar-refractivity contribution in [2.75, 3.05) is 0 Å². The molecule has 0 aromatic carbocycles. The van der Waals surface area contributed by atoms with Crippen molar-refractivity contribution in [3.05, 3.63) is 24.0 Å². The molecule has 0 bridgehead atoms. The number of nitrogens with two attached hydrogens (primary N) is 1. The van der Waals surface area contributed by atoms with Gasteiger partial charge in [0.05, 0.1) is 11.2 Å². The fourth-order valence-electron chi connectivity index (χ4n) is 1.63. The van der Waals surface area contributed by atoms with Crippen LogP contribution < -0.4 is 5.73 Å². The number of ketones is 1. The maximum atomic E-state index is 11.9. The number of carbonyl (C=O) groups excluding carboxylic acids is 1. The van der Waals surface area contributed by atoms with E-state index in [1.165, 1.54) is 0 Å². The van der Waals surface area contributed by atoms with Gasteiger partial charge < -0.3 is 10.7 Å². The minimum Gasteiger partial charge on any atom is -0.359 e. The topological polar surface area (TPSA) is 58.9 Å². The van der Waals surface area contributed by atoms with E-state index in [4.69, 9.17) is 5.73 Å². The zero-order valence-corrected chi connectivity index (χ0v) is 7.71. The third-order valence-electron chi connectivity index (χ3n) is 2.76. The molecule has 1 aromatic heterocycles. The minimum absolute atomic E-state index is 0.0278. The van der Waals surface area contributed by atoms with Gasteiger partial charge >= 0.3 is 0 Å². The first kappa shape index (κ1) is 8.51. The molecule has 0 aliphatic heterocycles. The second kappa shape index (κ2) is 2.70. The summed E-state index contributed by atoms with van der Waals surface area (Å²) in [5.74, 6) is 0.406. The average Bonchev–Trinajstić information content (AvgIpc) is 2.82. The van der Waals surface area contributed by atoms with E-state index < -0.39 is 5.54 Å². The lowest BCUT2D eigenvalue weighted by atomic mass is 9.90. The van der Waals surface area contributed by atoms with E-state index in [0.717, 1.165) is 12.8 Å². The van der Waals surface area contributed by atoms with Crippen LogP contribution in [-0.4, -0.2) is 16.3 Å². The summed E-state index contributed by atoms with van der Waals surface area (Å²) in [5, 5.41) is 0. The molecule has 1 atom stereocenters. The number of Topliss-reactive ketones (excluding diaryl/α,β-unsaturated/α-hetero) is 1. The number of H-pyrrole nitrogens is 1. The van der Waals surface area contributed by atoms with Crippen LogP contribution in [0.15, 0.2) is 18.3 Å². The summed E-state index contributed by atoms with van der Waals surface area (Å²) in [6.07, 6.45) is 3.91. The Hall–Kier alpha value is -1.09. The van der Waals surface area contributed by atoms with Gasteiger partial charge in [-0.1, -0.05) is 0 Å². The molecular formula is C10H14N2O. The quantitative estimate of drug-likeness (QED) is 0.686. The zero-order valence-electron chi connectivity index (χ0n) is 7.71. The Morgan fingerprint density at radius 2 is 2.38 bits per heavy atom. The normalized spacial score (nSPS) is 21.1. The van der Waals surface area contributed by atoms with Gasteiger partial charge in [0.1, 0.15) is 0 Å². The van der Waals surface area contributed by atoms with Crippen LogP contribution in [0, 0.1) is 5.92 Å². The van der Waals surface area contributed by atoms with Gasteiger partial charge in [0, 0.05) is 6.20 Å². The Labute approximate surface area is 77.3 Å². The molecule has 13 heavy (non-hydrogen) atoms. The van der Waals surface area contributed by atoms with Crippen LogP contribution in [0.25, 0.3) is 0 Å². The third kappa shape index (κ3) is 1.40. The van der Waals surface area contributed by atoms with Crippen LogP contribution in [-0.2, 0) is 0 Å². The van der Waals surface area contributed by atoms with E-state index in [-0.39, 0.29) is 5.78 Å². The Kier molecular flexibility index (Phi) is 1.77. The average molecular weight is 178 g/mol. The van der Waals surface area contributed by atoms with Crippen molar-refractivity contribution >= 4 is 5.78 Å². The lowest BCUT2D eigenvalue weighted by Crippen LogP contribution is -2.47. The Bertz CT molecular complexity index is 310. The molecular weight excluding hydrogens is 164 g/mol. The molecule has 1 heterocycles. The van der Waals surface area contributed by atoms with Crippen molar-refractivity contribution in [1.29, 1.82) is 0 Å². The van der Waals surface area contributed by atoms with Crippen molar-refractivity contribution in [2.24, 2.45) is 11.7 Å². The predicted molar refractivity (Wildman–Crippen MR) is 50.4 cm³/mol. The van der Waals surface area contributed by atoms with Crippen molar-refractivity contribution in [2.45, 2.75) is 25.3 Å². The van der Waals surface area contributed by atoms with Gasteiger partial charge in [-0.2, -0.15) is 0 Å². The fourth-order valence-corrected chi connectivity index (χ4v) is 1.63. The molecule has 0 spiro atoms. The number of hydrogen-bond donors (Lipinski definition) is 2. The molecule has 0 saturated heterocycles. The molecule has 3 nitrogen and oxygen atoms in total. The largest absolute Gasteiger partial charge is 0.359 e. The molecule has 3 heteroatoms. The van der Waals surface area contributed by atoms with Crippen molar-refractivity contribution in [1.82, 2.24) is 4.98 Å². The van der Waals surface area contributed by atoms with Gasteiger partial charge in [-0.3, -0.25) is 4.79 Å². The van der Waals surface area contributed by atoms with Gasteiger partial charge in [-0.15, -0.1) is 0 Å². The van der Waals surface area contributed by atoms with E-state index in [9.17, 15) is 4.79 Å². The first-order chi connectivity index (χ1) is 6.12. The van der Waals surface area contributed by atoms with Crippen LogP contribution >= 0.6 is 0 Å². The Morgan fingerprint density at radius 1 is 1.69 bits per heavy atom. The number of carbonyl (C=O) groups is 1. The first-order valence-corrected chi connectivity index (χ1v) is 4.59. The second-order valence-corrected chi connectivity index (χ2v) is 3.97. The van der Waals surface area contributed by atoms with E-state index in [1.807, 2.05) is 13.0 Å². The van der Waals surface area contributed by atoms with Gasteiger partial charge in [0.2, 0.25) is 0 Å². The summed E-state index contributed by atoms with van der Waals surface area (Å²) in [6.45, 7) is 1.83. The smallest absolute Gasteiger partial charge is 0.198 e. The van der Waals surface area contributed by atoms with E-state index in [1.54, 1.807) is 12.3 Å². The SMILES string of the molecule is CC(N)(C(=O)c1ccc[nH]1)C1CC1. The van der Waals surface area contributed by atoms with Gasteiger partial charge in [-0.25, -0.2) is 0 Å². The molecule has 1 aromatic rings. The van der Waals surface area contributed by atoms with E-state index in [0.29, 0.717) is 11.6 Å². The molecule has 1 aliphatic carbocycles. The number of nitrogens with one attached hydrogen (secondary N) is 1. The highest BCUT2D eigenvalue weighted by atomic mass is 16.1. The highest BCUT2D eigenvalue weighted by molar-refractivity contribution is 6.01. The molecule has 3 N–H and O–H groups in total. The van der Waals surface area contributed by atoms with Crippen LogP contribution in [0.4, 0.5) is 0 Å². The van der Waals surface area contributed by atoms with Crippen molar-refractivity contribution in [3.8, 4) is 0 Å². The molecule has 70 valence electrons. The predicted octanol–water partition coefficient (Wildman–Crippen LogP) is 1.32. The van der Waals surface area contributed by atoms with Crippen LogP contribution in [0.5, 0.6) is 0 Å². The standard InChI is InChI=1S/C10H14N2O/c1-10(11,7-4-5-7)9(13)8-3-2-6-12-8/h2-3,6-7,12H,4-5,11H2,1H3. The maximum Gasteiger partial charge on any atom is 0.198 e. The third-order valence-corrected chi connectivity index (χ3v) is 2.76. The number of rotatable bonds is 3. The van der Waals surface area contributed by atoms with Crippen LogP contribution in [0.2, 0.25) is 0 Å². The lowest BCUT2D eigenvalue weighted by molar-refractivity contribution is 0.0878. The lowest BCUT2D eigenvalue weighted by Gasteiger charge is -2.21. The van der Waals surface area contributed by atoms with E-state index in [2.05, 4.69) is 4.98 Å². The second-order valence-electron chi connectivity index (χ2n) is 3.97. The first-order valence-electron chi connectivity index (χ1n) is 4.59. The van der Waals surface area contributed by atoms with Crippen molar-refractivity contribution < 1.29 is 4.79 Å². The molecule has 1 saturated carbocycles. The van der Waals surface area contributed by atoms with Crippen molar-refractivity contribution in [3.63, 3.8) is 0 Å². The van der Waals surface area contributed by atoms with E-state index >= 15 is 0 Å². The Morgan fingerprint density at radius 3 is 2.85 bits per heavy atom. The monoisotopic (exact) mass is 178 g/mol. The highest BCUT2D eigenvalue weighted by Crippen LogP contribution is 2.39. The summed E-state index contributed by atoms with van der Waals surface area (Å²) in [7, 11) is 0. The number of aromatic amines is 1. The molecule has 1 fully saturated rings. The van der Waals surface area contributed by atoms with Crippen LogP contribution in [0.1, 0.15) is 30.3 Å². The summed E-state index contributed by atoms with van der Waals surface area (Å²) in [4.78, 5) is 14.7. The summed E-state index contributed by atoms with van der Waals surface area (Å²) in [5.41, 5.74) is 5.93. The van der Waals surface area contributed by atoms with Crippen LogP contribution in [0.3, 0.4) is 0 Å². The molecule has 2 rings (SSSR count).